The molecule has 2 heterocycles. The van der Waals surface area contributed by atoms with Crippen molar-refractivity contribution >= 4 is 12.0 Å². The number of esters is 1. The Bertz CT molecular complexity index is 1390. The van der Waals surface area contributed by atoms with Crippen LogP contribution in [0, 0.1) is 20.8 Å². The van der Waals surface area contributed by atoms with E-state index in [-0.39, 0.29) is 12.5 Å². The smallest absolute Gasteiger partial charge is 0.331 e. The van der Waals surface area contributed by atoms with Gasteiger partial charge in [0.1, 0.15) is 11.5 Å². The average Bonchev–Trinajstić information content (AvgIpc) is 3.46. The van der Waals surface area contributed by atoms with Gasteiger partial charge in [0.2, 0.25) is 5.82 Å². The van der Waals surface area contributed by atoms with Gasteiger partial charge in [-0.15, -0.1) is 0 Å². The van der Waals surface area contributed by atoms with Gasteiger partial charge in [-0.05, 0) is 44.5 Å². The summed E-state index contributed by atoms with van der Waals surface area (Å²) in [5.41, 5.74) is 5.68. The minimum atomic E-state index is -0.526. The lowest BCUT2D eigenvalue weighted by atomic mass is 10.1. The van der Waals surface area contributed by atoms with Crippen molar-refractivity contribution in [1.29, 1.82) is 0 Å². The molecule has 2 aromatic carbocycles. The van der Waals surface area contributed by atoms with Crippen LogP contribution in [0.1, 0.15) is 34.0 Å². The van der Waals surface area contributed by atoms with Gasteiger partial charge in [-0.3, -0.25) is 4.68 Å². The van der Waals surface area contributed by atoms with Crippen molar-refractivity contribution < 1.29 is 23.5 Å². The number of carbonyl (C=O) groups is 1. The minimum Gasteiger partial charge on any atom is -0.497 e. The molecular formula is C27H28N4O5. The summed E-state index contributed by atoms with van der Waals surface area (Å²) in [6.45, 7) is 6.46. The Kier molecular flexibility index (Phi) is 7.48. The molecule has 4 aromatic rings. The first-order chi connectivity index (χ1) is 17.4. The van der Waals surface area contributed by atoms with Crippen LogP contribution >= 0.6 is 0 Å². The number of nitrogens with zero attached hydrogens (tertiary/aromatic N) is 4. The zero-order valence-electron chi connectivity index (χ0n) is 20.9. The standard InChI is InChI=1S/C27H28N4O5/c1-17-6-8-20(9-7-17)15-31-19(3)22(18(2)29-31)12-13-26(32)35-16-25-28-27(30-36-25)23-11-10-21(33-4)14-24(23)34-5/h6-14H,15-16H2,1-5H3/b13-12+. The Hall–Kier alpha value is -4.40. The molecule has 0 aliphatic rings. The Morgan fingerprint density at radius 1 is 1.06 bits per heavy atom. The van der Waals surface area contributed by atoms with Crippen molar-refractivity contribution in [2.45, 2.75) is 33.9 Å². The molecule has 0 spiro atoms. The van der Waals surface area contributed by atoms with E-state index in [1.54, 1.807) is 38.5 Å². The van der Waals surface area contributed by atoms with Crippen LogP contribution in [-0.2, 0) is 22.7 Å². The first kappa shape index (κ1) is 24.7. The molecule has 0 saturated heterocycles. The maximum Gasteiger partial charge on any atom is 0.331 e. The molecule has 0 fully saturated rings. The Morgan fingerprint density at radius 3 is 2.56 bits per heavy atom. The molecule has 0 N–H and O–H groups in total. The number of aryl methyl sites for hydroxylation is 2. The second-order valence-electron chi connectivity index (χ2n) is 8.25. The van der Waals surface area contributed by atoms with Crippen molar-refractivity contribution in [3.8, 4) is 22.9 Å². The molecule has 0 aliphatic heterocycles. The van der Waals surface area contributed by atoms with E-state index in [0.29, 0.717) is 29.4 Å². The van der Waals surface area contributed by atoms with Gasteiger partial charge in [0, 0.05) is 23.4 Å². The van der Waals surface area contributed by atoms with Gasteiger partial charge in [-0.1, -0.05) is 35.0 Å². The first-order valence-electron chi connectivity index (χ1n) is 11.4. The molecule has 9 nitrogen and oxygen atoms in total. The summed E-state index contributed by atoms with van der Waals surface area (Å²) in [6, 6.07) is 13.6. The zero-order valence-corrected chi connectivity index (χ0v) is 20.9. The van der Waals surface area contributed by atoms with E-state index in [4.69, 9.17) is 18.7 Å². The number of benzene rings is 2. The Balaban J connectivity index is 1.38. The van der Waals surface area contributed by atoms with Gasteiger partial charge in [0.25, 0.3) is 5.89 Å². The molecule has 0 amide bonds. The molecule has 0 unspecified atom stereocenters. The number of aromatic nitrogens is 4. The first-order valence-corrected chi connectivity index (χ1v) is 11.4. The van der Waals surface area contributed by atoms with Gasteiger partial charge in [0.15, 0.2) is 6.61 Å². The second kappa shape index (κ2) is 10.9. The van der Waals surface area contributed by atoms with Crippen LogP contribution in [0.5, 0.6) is 11.5 Å². The Morgan fingerprint density at radius 2 is 1.83 bits per heavy atom. The zero-order chi connectivity index (χ0) is 25.7. The fraction of sp³-hybridized carbons (Fsp3) is 0.259. The lowest BCUT2D eigenvalue weighted by Crippen LogP contribution is -2.04. The third-order valence-electron chi connectivity index (χ3n) is 5.73. The fourth-order valence-electron chi connectivity index (χ4n) is 3.71. The molecule has 36 heavy (non-hydrogen) atoms. The van der Waals surface area contributed by atoms with E-state index in [1.807, 2.05) is 18.5 Å². The number of ether oxygens (including phenoxy) is 3. The highest BCUT2D eigenvalue weighted by Crippen LogP contribution is 2.31. The molecule has 0 aliphatic carbocycles. The van der Waals surface area contributed by atoms with E-state index in [2.05, 4.69) is 46.4 Å². The highest BCUT2D eigenvalue weighted by atomic mass is 16.6. The number of methoxy groups -OCH3 is 2. The molecule has 186 valence electrons. The van der Waals surface area contributed by atoms with Crippen LogP contribution < -0.4 is 9.47 Å². The van der Waals surface area contributed by atoms with Gasteiger partial charge in [-0.2, -0.15) is 10.1 Å². The lowest BCUT2D eigenvalue weighted by molar-refractivity contribution is -0.139. The maximum atomic E-state index is 12.3. The average molecular weight is 489 g/mol. The topological polar surface area (TPSA) is 102 Å². The summed E-state index contributed by atoms with van der Waals surface area (Å²) in [4.78, 5) is 16.6. The quantitative estimate of drug-likeness (QED) is 0.247. The van der Waals surface area contributed by atoms with E-state index in [0.717, 1.165) is 22.5 Å². The summed E-state index contributed by atoms with van der Waals surface area (Å²) in [5, 5.41) is 8.58. The normalized spacial score (nSPS) is 11.1. The molecule has 0 radical (unpaired) electrons. The van der Waals surface area contributed by atoms with Gasteiger partial charge >= 0.3 is 5.97 Å². The molecule has 4 rings (SSSR count). The molecule has 9 heteroatoms. The predicted octanol–water partition coefficient (Wildman–Crippen LogP) is 4.68. The van der Waals surface area contributed by atoms with Crippen LogP contribution in [0.2, 0.25) is 0 Å². The maximum absolute atomic E-state index is 12.3. The van der Waals surface area contributed by atoms with Crippen LogP contribution in [0.15, 0.2) is 53.1 Å². The van der Waals surface area contributed by atoms with Gasteiger partial charge in [0.05, 0.1) is 32.0 Å². The van der Waals surface area contributed by atoms with Gasteiger partial charge in [-0.25, -0.2) is 4.79 Å². The van der Waals surface area contributed by atoms with Crippen LogP contribution in [0.25, 0.3) is 17.5 Å². The lowest BCUT2D eigenvalue weighted by Gasteiger charge is -2.07. The third-order valence-corrected chi connectivity index (χ3v) is 5.73. The Labute approximate surface area is 209 Å². The monoisotopic (exact) mass is 488 g/mol. The summed E-state index contributed by atoms with van der Waals surface area (Å²) >= 11 is 0. The van der Waals surface area contributed by atoms with Crippen LogP contribution in [0.4, 0.5) is 0 Å². The van der Waals surface area contributed by atoms with Crippen molar-refractivity contribution in [2.75, 3.05) is 14.2 Å². The second-order valence-corrected chi connectivity index (χ2v) is 8.25. The van der Waals surface area contributed by atoms with Crippen molar-refractivity contribution in [3.63, 3.8) is 0 Å². The van der Waals surface area contributed by atoms with Crippen molar-refractivity contribution in [1.82, 2.24) is 19.9 Å². The number of hydrogen-bond acceptors (Lipinski definition) is 8. The van der Waals surface area contributed by atoms with E-state index < -0.39 is 5.97 Å². The SMILES string of the molecule is COc1ccc(-c2noc(COC(=O)/C=C/c3c(C)nn(Cc4ccc(C)cc4)c3C)n2)c(OC)c1. The van der Waals surface area contributed by atoms with Crippen molar-refractivity contribution in [2.24, 2.45) is 0 Å². The number of rotatable bonds is 9. The third kappa shape index (κ3) is 5.63. The summed E-state index contributed by atoms with van der Waals surface area (Å²) in [6.07, 6.45) is 3.09. The molecule has 0 atom stereocenters. The summed E-state index contributed by atoms with van der Waals surface area (Å²) < 4.78 is 23.0. The molecule has 0 saturated carbocycles. The number of carbonyl (C=O) groups excluding carboxylic acids is 1. The predicted molar refractivity (Wildman–Crippen MR) is 134 cm³/mol. The molecule has 2 aromatic heterocycles. The van der Waals surface area contributed by atoms with Crippen molar-refractivity contribution in [3.05, 3.63) is 82.5 Å². The van der Waals surface area contributed by atoms with E-state index in [9.17, 15) is 4.79 Å². The van der Waals surface area contributed by atoms with E-state index >= 15 is 0 Å². The minimum absolute atomic E-state index is 0.153. The highest BCUT2D eigenvalue weighted by molar-refractivity contribution is 5.87. The molecular weight excluding hydrogens is 460 g/mol. The highest BCUT2D eigenvalue weighted by Gasteiger charge is 2.15. The summed E-state index contributed by atoms with van der Waals surface area (Å²) in [7, 11) is 3.12. The fourth-order valence-corrected chi connectivity index (χ4v) is 3.71. The van der Waals surface area contributed by atoms with Gasteiger partial charge < -0.3 is 18.7 Å². The van der Waals surface area contributed by atoms with Crippen LogP contribution in [-0.4, -0.2) is 40.1 Å². The summed E-state index contributed by atoms with van der Waals surface area (Å²) in [5.74, 6) is 1.15. The molecule has 0 bridgehead atoms. The van der Waals surface area contributed by atoms with Crippen LogP contribution in [0.3, 0.4) is 0 Å². The van der Waals surface area contributed by atoms with E-state index in [1.165, 1.54) is 11.6 Å². The number of hydrogen-bond donors (Lipinski definition) is 0. The largest absolute Gasteiger partial charge is 0.497 e.